The molecule has 0 radical (unpaired) electrons. The Hall–Kier alpha value is -2.40. The van der Waals surface area contributed by atoms with Gasteiger partial charge in [-0.3, -0.25) is 14.6 Å². The average Bonchev–Trinajstić information content (AvgIpc) is 2.53. The zero-order chi connectivity index (χ0) is 16.8. The van der Waals surface area contributed by atoms with Crippen LogP contribution in [0.5, 0.6) is 0 Å². The van der Waals surface area contributed by atoms with E-state index >= 15 is 0 Å². The molecule has 0 bridgehead atoms. The van der Waals surface area contributed by atoms with E-state index in [0.717, 1.165) is 11.3 Å². The Kier molecular flexibility index (Phi) is 5.71. The summed E-state index contributed by atoms with van der Waals surface area (Å²) in [6.07, 6.45) is 3.11. The molecule has 120 valence electrons. The number of hydrogen-bond acceptors (Lipinski definition) is 3. The number of hydrogen-bond donors (Lipinski definition) is 1. The van der Waals surface area contributed by atoms with Gasteiger partial charge >= 0.3 is 0 Å². The van der Waals surface area contributed by atoms with E-state index in [9.17, 15) is 9.59 Å². The van der Waals surface area contributed by atoms with Crippen molar-refractivity contribution < 1.29 is 9.59 Å². The van der Waals surface area contributed by atoms with E-state index in [-0.39, 0.29) is 11.8 Å². The van der Waals surface area contributed by atoms with Crippen LogP contribution >= 0.6 is 11.6 Å². The third kappa shape index (κ3) is 4.53. The Balaban J connectivity index is 2.01. The van der Waals surface area contributed by atoms with Gasteiger partial charge in [0.2, 0.25) is 5.91 Å². The lowest BCUT2D eigenvalue weighted by molar-refractivity contribution is -0.116. The number of aryl methyl sites for hydroxylation is 1. The highest BCUT2D eigenvalue weighted by atomic mass is 35.5. The first-order valence-corrected chi connectivity index (χ1v) is 7.59. The van der Waals surface area contributed by atoms with Crippen LogP contribution in [-0.4, -0.2) is 29.9 Å². The third-order valence-electron chi connectivity index (χ3n) is 3.37. The molecule has 0 saturated heterocycles. The highest BCUT2D eigenvalue weighted by Crippen LogP contribution is 2.23. The fourth-order valence-electron chi connectivity index (χ4n) is 2.25. The summed E-state index contributed by atoms with van der Waals surface area (Å²) >= 11 is 5.95. The maximum Gasteiger partial charge on any atom is 0.252 e. The van der Waals surface area contributed by atoms with Gasteiger partial charge in [-0.25, -0.2) is 0 Å². The van der Waals surface area contributed by atoms with E-state index in [1.807, 2.05) is 13.0 Å². The maximum absolute atomic E-state index is 12.0. The van der Waals surface area contributed by atoms with Crippen molar-refractivity contribution in [3.63, 3.8) is 0 Å². The molecule has 5 nitrogen and oxygen atoms in total. The van der Waals surface area contributed by atoms with Crippen molar-refractivity contribution in [3.05, 3.63) is 58.9 Å². The van der Waals surface area contributed by atoms with E-state index < -0.39 is 0 Å². The van der Waals surface area contributed by atoms with E-state index in [2.05, 4.69) is 10.3 Å². The third-order valence-corrected chi connectivity index (χ3v) is 3.61. The van der Waals surface area contributed by atoms with Gasteiger partial charge in [-0.05, 0) is 42.8 Å². The molecule has 1 aromatic carbocycles. The minimum absolute atomic E-state index is 0.0916. The molecule has 0 aliphatic carbocycles. The summed E-state index contributed by atoms with van der Waals surface area (Å²) in [7, 11) is 0. The van der Waals surface area contributed by atoms with Gasteiger partial charge in [-0.2, -0.15) is 0 Å². The predicted molar refractivity (Wildman–Crippen MR) is 90.8 cm³/mol. The average molecular weight is 332 g/mol. The SMILES string of the molecule is CC(=O)N(CCNC(=O)c1cccnc1)c1ccc(Cl)cc1C. The van der Waals surface area contributed by atoms with Crippen molar-refractivity contribution >= 4 is 29.1 Å². The number of aromatic nitrogens is 1. The molecule has 0 aliphatic rings. The first-order chi connectivity index (χ1) is 11.0. The standard InChI is InChI=1S/C17H18ClN3O2/c1-12-10-15(18)5-6-16(12)21(13(2)22)9-8-20-17(23)14-4-3-7-19-11-14/h3-7,10-11H,8-9H2,1-2H3,(H,20,23). The number of amides is 2. The fraction of sp³-hybridized carbons (Fsp3) is 0.235. The number of halogens is 1. The normalized spacial score (nSPS) is 10.2. The van der Waals surface area contributed by atoms with E-state index in [4.69, 9.17) is 11.6 Å². The zero-order valence-electron chi connectivity index (χ0n) is 13.0. The van der Waals surface area contributed by atoms with Crippen molar-refractivity contribution in [1.82, 2.24) is 10.3 Å². The van der Waals surface area contributed by atoms with Gasteiger partial charge in [0.15, 0.2) is 0 Å². The second-order valence-corrected chi connectivity index (χ2v) is 5.54. The number of rotatable bonds is 5. The van der Waals surface area contributed by atoms with Crippen LogP contribution in [0.2, 0.25) is 5.02 Å². The van der Waals surface area contributed by atoms with Crippen LogP contribution in [0, 0.1) is 6.92 Å². The van der Waals surface area contributed by atoms with Crippen LogP contribution in [0.4, 0.5) is 5.69 Å². The molecule has 23 heavy (non-hydrogen) atoms. The Labute approximate surface area is 140 Å². The molecule has 2 rings (SSSR count). The molecule has 2 amide bonds. The smallest absolute Gasteiger partial charge is 0.252 e. The summed E-state index contributed by atoms with van der Waals surface area (Å²) in [5, 5.41) is 3.41. The minimum Gasteiger partial charge on any atom is -0.350 e. The predicted octanol–water partition coefficient (Wildman–Crippen LogP) is 2.83. The first kappa shape index (κ1) is 17.0. The lowest BCUT2D eigenvalue weighted by atomic mass is 10.1. The monoisotopic (exact) mass is 331 g/mol. The topological polar surface area (TPSA) is 62.3 Å². The Morgan fingerprint density at radius 2 is 2.09 bits per heavy atom. The summed E-state index contributed by atoms with van der Waals surface area (Å²) in [6.45, 7) is 4.11. The number of benzene rings is 1. The van der Waals surface area contributed by atoms with Crippen LogP contribution in [0.1, 0.15) is 22.8 Å². The molecule has 1 N–H and O–H groups in total. The minimum atomic E-state index is -0.213. The largest absolute Gasteiger partial charge is 0.350 e. The summed E-state index contributed by atoms with van der Waals surface area (Å²) in [5.41, 5.74) is 2.19. The van der Waals surface area contributed by atoms with Gasteiger partial charge in [0.1, 0.15) is 0 Å². The van der Waals surface area contributed by atoms with E-state index in [1.165, 1.54) is 13.1 Å². The van der Waals surface area contributed by atoms with Gasteiger partial charge in [0.25, 0.3) is 5.91 Å². The van der Waals surface area contributed by atoms with Gasteiger partial charge in [0, 0.05) is 43.1 Å². The molecule has 0 atom stereocenters. The Morgan fingerprint density at radius 1 is 1.30 bits per heavy atom. The van der Waals surface area contributed by atoms with Crippen LogP contribution in [0.25, 0.3) is 0 Å². The van der Waals surface area contributed by atoms with E-state index in [0.29, 0.717) is 23.7 Å². The molecule has 6 heteroatoms. The fourth-order valence-corrected chi connectivity index (χ4v) is 2.48. The molecule has 0 aliphatic heterocycles. The Morgan fingerprint density at radius 3 is 2.70 bits per heavy atom. The van der Waals surface area contributed by atoms with Gasteiger partial charge in [-0.1, -0.05) is 11.6 Å². The second kappa shape index (κ2) is 7.74. The molecule has 1 heterocycles. The van der Waals surface area contributed by atoms with Gasteiger partial charge in [0.05, 0.1) is 5.56 Å². The number of pyridine rings is 1. The van der Waals surface area contributed by atoms with Crippen molar-refractivity contribution in [2.75, 3.05) is 18.0 Å². The van der Waals surface area contributed by atoms with E-state index in [1.54, 1.807) is 35.4 Å². The number of carbonyl (C=O) groups is 2. The lowest BCUT2D eigenvalue weighted by Crippen LogP contribution is -2.38. The van der Waals surface area contributed by atoms with Gasteiger partial charge in [-0.15, -0.1) is 0 Å². The highest BCUT2D eigenvalue weighted by Gasteiger charge is 2.14. The molecular formula is C17H18ClN3O2. The molecular weight excluding hydrogens is 314 g/mol. The van der Waals surface area contributed by atoms with Gasteiger partial charge < -0.3 is 10.2 Å². The molecule has 1 aromatic heterocycles. The van der Waals surface area contributed by atoms with Crippen molar-refractivity contribution in [1.29, 1.82) is 0 Å². The molecule has 0 fully saturated rings. The van der Waals surface area contributed by atoms with Crippen molar-refractivity contribution in [3.8, 4) is 0 Å². The van der Waals surface area contributed by atoms with Crippen LogP contribution in [0.3, 0.4) is 0 Å². The highest BCUT2D eigenvalue weighted by molar-refractivity contribution is 6.30. The van der Waals surface area contributed by atoms with Crippen LogP contribution in [0.15, 0.2) is 42.7 Å². The summed E-state index contributed by atoms with van der Waals surface area (Å²) < 4.78 is 0. The summed E-state index contributed by atoms with van der Waals surface area (Å²) in [6, 6.07) is 8.75. The van der Waals surface area contributed by atoms with Crippen LogP contribution < -0.4 is 10.2 Å². The quantitative estimate of drug-likeness (QED) is 0.916. The zero-order valence-corrected chi connectivity index (χ0v) is 13.8. The maximum atomic E-state index is 12.0. The Bertz CT molecular complexity index is 704. The first-order valence-electron chi connectivity index (χ1n) is 7.21. The molecule has 0 unspecified atom stereocenters. The molecule has 0 spiro atoms. The second-order valence-electron chi connectivity index (χ2n) is 5.10. The summed E-state index contributed by atoms with van der Waals surface area (Å²) in [4.78, 5) is 29.4. The van der Waals surface area contributed by atoms with Crippen molar-refractivity contribution in [2.45, 2.75) is 13.8 Å². The number of anilines is 1. The molecule has 0 saturated carbocycles. The van der Waals surface area contributed by atoms with Crippen molar-refractivity contribution in [2.24, 2.45) is 0 Å². The number of carbonyl (C=O) groups excluding carboxylic acids is 2. The number of nitrogens with zero attached hydrogens (tertiary/aromatic N) is 2. The lowest BCUT2D eigenvalue weighted by Gasteiger charge is -2.23. The van der Waals surface area contributed by atoms with Crippen LogP contribution in [-0.2, 0) is 4.79 Å². The number of nitrogens with one attached hydrogen (secondary N) is 1. The summed E-state index contributed by atoms with van der Waals surface area (Å²) in [5.74, 6) is -0.305. The molecule has 2 aromatic rings.